The second-order valence-corrected chi connectivity index (χ2v) is 9.31. The predicted molar refractivity (Wildman–Crippen MR) is 131 cm³/mol. The second kappa shape index (κ2) is 14.6. The third-order valence-corrected chi connectivity index (χ3v) is 5.97. The van der Waals surface area contributed by atoms with Crippen molar-refractivity contribution in [3.05, 3.63) is 53.1 Å². The van der Waals surface area contributed by atoms with Gasteiger partial charge in [0.15, 0.2) is 0 Å². The number of anilines is 1. The molecule has 4 N–H and O–H groups in total. The predicted octanol–water partition coefficient (Wildman–Crippen LogP) is 3.81. The number of nitrogens with one attached hydrogen (secondary N) is 1. The molecule has 0 aliphatic heterocycles. The molecule has 216 valence electrons. The summed E-state index contributed by atoms with van der Waals surface area (Å²) >= 11 is 0.274. The molecule has 0 bridgehead atoms. The monoisotopic (exact) mass is 583 g/mol. The normalized spacial score (nSPS) is 13.4. The number of carboxylic acids is 1. The number of alkyl halides is 6. The first kappa shape index (κ1) is 33.5. The fraction of sp³-hybridized carbons (Fsp3) is 0.435. The van der Waals surface area contributed by atoms with Gasteiger partial charge in [-0.25, -0.2) is 4.79 Å². The van der Waals surface area contributed by atoms with Crippen LogP contribution in [0.3, 0.4) is 0 Å². The Morgan fingerprint density at radius 2 is 1.67 bits per heavy atom. The Labute approximate surface area is 223 Å². The molecule has 2 amide bonds. The van der Waals surface area contributed by atoms with Crippen molar-refractivity contribution in [2.45, 2.75) is 51.1 Å². The highest BCUT2D eigenvalue weighted by molar-refractivity contribution is 7.15. The van der Waals surface area contributed by atoms with E-state index in [-0.39, 0.29) is 28.3 Å². The van der Waals surface area contributed by atoms with Crippen LogP contribution in [0, 0.1) is 5.92 Å². The number of aliphatic carboxylic acids is 1. The molecule has 0 radical (unpaired) electrons. The SMILES string of the molecule is CC(C)[C@H](N)C(=O)N[C@H](C=CC(=O)N(C)c1nnc(C(F)(F)F)s1)CCc1ccccc1.O=C(O)C(F)(F)F. The molecule has 0 saturated heterocycles. The largest absolute Gasteiger partial charge is 0.490 e. The first-order valence-electron chi connectivity index (χ1n) is 11.2. The minimum Gasteiger partial charge on any atom is -0.475 e. The van der Waals surface area contributed by atoms with E-state index >= 15 is 0 Å². The van der Waals surface area contributed by atoms with E-state index in [4.69, 9.17) is 15.6 Å². The van der Waals surface area contributed by atoms with Crippen molar-refractivity contribution in [1.82, 2.24) is 15.5 Å². The van der Waals surface area contributed by atoms with Crippen LogP contribution >= 0.6 is 11.3 Å². The number of rotatable bonds is 9. The number of aryl methyl sites for hydroxylation is 1. The number of aromatic nitrogens is 2. The van der Waals surface area contributed by atoms with E-state index in [9.17, 15) is 35.9 Å². The molecule has 0 spiro atoms. The van der Waals surface area contributed by atoms with Gasteiger partial charge in [0.1, 0.15) is 0 Å². The number of carbonyl (C=O) groups is 3. The fourth-order valence-electron chi connectivity index (χ4n) is 2.64. The molecule has 0 saturated carbocycles. The average molecular weight is 584 g/mol. The molecule has 0 unspecified atom stereocenters. The molecule has 39 heavy (non-hydrogen) atoms. The zero-order valence-corrected chi connectivity index (χ0v) is 21.8. The van der Waals surface area contributed by atoms with Crippen LogP contribution in [0.1, 0.15) is 30.8 Å². The maximum atomic E-state index is 12.7. The third kappa shape index (κ3) is 11.8. The highest BCUT2D eigenvalue weighted by atomic mass is 32.1. The highest BCUT2D eigenvalue weighted by Gasteiger charge is 2.38. The number of hydrogen-bond donors (Lipinski definition) is 3. The zero-order valence-electron chi connectivity index (χ0n) is 21.0. The van der Waals surface area contributed by atoms with Gasteiger partial charge in [0, 0.05) is 19.2 Å². The van der Waals surface area contributed by atoms with Crippen molar-refractivity contribution in [2.75, 3.05) is 11.9 Å². The van der Waals surface area contributed by atoms with E-state index in [0.29, 0.717) is 12.8 Å². The minimum atomic E-state index is -5.08. The zero-order chi connectivity index (χ0) is 30.0. The van der Waals surface area contributed by atoms with Crippen molar-refractivity contribution in [2.24, 2.45) is 11.7 Å². The number of benzene rings is 1. The number of nitrogens with two attached hydrogens (primary N) is 1. The maximum Gasteiger partial charge on any atom is 0.490 e. The van der Waals surface area contributed by atoms with Crippen molar-refractivity contribution < 1.29 is 45.8 Å². The topological polar surface area (TPSA) is 139 Å². The van der Waals surface area contributed by atoms with Crippen LogP contribution in [0.15, 0.2) is 42.5 Å². The maximum absolute atomic E-state index is 12.7. The van der Waals surface area contributed by atoms with Gasteiger partial charge in [0.25, 0.3) is 5.91 Å². The van der Waals surface area contributed by atoms with Gasteiger partial charge in [0.05, 0.1) is 6.04 Å². The van der Waals surface area contributed by atoms with E-state index in [0.717, 1.165) is 10.5 Å². The van der Waals surface area contributed by atoms with Gasteiger partial charge < -0.3 is 16.2 Å². The Bertz CT molecular complexity index is 1120. The number of carboxylic acid groups (broad SMARTS) is 1. The molecule has 16 heteroatoms. The van der Waals surface area contributed by atoms with Crippen LogP contribution in [0.2, 0.25) is 0 Å². The van der Waals surface area contributed by atoms with E-state index in [2.05, 4.69) is 15.5 Å². The first-order chi connectivity index (χ1) is 17.9. The van der Waals surface area contributed by atoms with Gasteiger partial charge in [-0.1, -0.05) is 61.6 Å². The summed E-state index contributed by atoms with van der Waals surface area (Å²) in [7, 11) is 1.31. The summed E-state index contributed by atoms with van der Waals surface area (Å²) in [6, 6.07) is 8.42. The van der Waals surface area contributed by atoms with Gasteiger partial charge in [0.2, 0.25) is 16.0 Å². The number of hydrogen-bond acceptors (Lipinski definition) is 7. The Morgan fingerprint density at radius 1 is 1.10 bits per heavy atom. The van der Waals surface area contributed by atoms with Crippen LogP contribution < -0.4 is 16.0 Å². The van der Waals surface area contributed by atoms with Crippen molar-refractivity contribution in [3.63, 3.8) is 0 Å². The number of likely N-dealkylation sites (N-methyl/N-ethyl adjacent to an activating group) is 1. The Hall–Kier alpha value is -3.53. The summed E-state index contributed by atoms with van der Waals surface area (Å²) < 4.78 is 69.9. The van der Waals surface area contributed by atoms with Gasteiger partial charge in [-0.3, -0.25) is 14.5 Å². The lowest BCUT2D eigenvalue weighted by atomic mass is 10.0. The summed E-state index contributed by atoms with van der Waals surface area (Å²) in [5.74, 6) is -3.77. The molecule has 9 nitrogen and oxygen atoms in total. The molecule has 0 fully saturated rings. The lowest BCUT2D eigenvalue weighted by Crippen LogP contribution is -2.47. The third-order valence-electron chi connectivity index (χ3n) is 4.92. The number of carbonyl (C=O) groups excluding carboxylic acids is 2. The Balaban J connectivity index is 0.000000956. The summed E-state index contributed by atoms with van der Waals surface area (Å²) in [5.41, 5.74) is 6.98. The summed E-state index contributed by atoms with van der Waals surface area (Å²) in [5, 5.41) is 15.2. The molecule has 2 rings (SSSR count). The molecule has 0 aliphatic carbocycles. The van der Waals surface area contributed by atoms with Crippen LogP contribution in [0.5, 0.6) is 0 Å². The van der Waals surface area contributed by atoms with Crippen LogP contribution in [-0.4, -0.2) is 58.4 Å². The quantitative estimate of drug-likeness (QED) is 0.302. The fourth-order valence-corrected chi connectivity index (χ4v) is 3.31. The minimum absolute atomic E-state index is 0.0678. The summed E-state index contributed by atoms with van der Waals surface area (Å²) in [4.78, 5) is 34.8. The van der Waals surface area contributed by atoms with E-state index in [1.165, 1.54) is 19.2 Å². The Kier molecular flexibility index (Phi) is 12.5. The molecule has 1 aromatic heterocycles. The molecule has 1 heterocycles. The molecular weight excluding hydrogens is 556 g/mol. The molecule has 2 atom stereocenters. The smallest absolute Gasteiger partial charge is 0.475 e. The average Bonchev–Trinajstić information content (AvgIpc) is 3.36. The number of halogens is 6. The second-order valence-electron chi connectivity index (χ2n) is 8.36. The van der Waals surface area contributed by atoms with Crippen molar-refractivity contribution in [1.29, 1.82) is 0 Å². The van der Waals surface area contributed by atoms with Crippen LogP contribution in [0.4, 0.5) is 31.5 Å². The first-order valence-corrected chi connectivity index (χ1v) is 12.0. The van der Waals surface area contributed by atoms with E-state index in [1.807, 2.05) is 44.2 Å². The van der Waals surface area contributed by atoms with Crippen molar-refractivity contribution >= 4 is 34.3 Å². The van der Waals surface area contributed by atoms with Crippen LogP contribution in [0.25, 0.3) is 0 Å². The lowest BCUT2D eigenvalue weighted by molar-refractivity contribution is -0.192. The molecule has 0 aliphatic rings. The molecule has 1 aromatic carbocycles. The standard InChI is InChI=1S/C21H26F3N5O2S.C2HF3O2/c1-13(2)17(25)18(31)26-15(10-9-14-7-5-4-6-8-14)11-12-16(30)29(3)20-28-27-19(32-20)21(22,23)24;3-2(4,5)1(6)7/h4-8,11-13,15,17H,9-10,25H2,1-3H3,(H,26,31);(H,6,7)/t15-,17-;/m0./s1. The molecule has 2 aromatic rings. The van der Waals surface area contributed by atoms with Gasteiger partial charge >= 0.3 is 18.3 Å². The van der Waals surface area contributed by atoms with Crippen molar-refractivity contribution in [3.8, 4) is 0 Å². The number of nitrogens with zero attached hydrogens (tertiary/aromatic N) is 3. The summed E-state index contributed by atoms with van der Waals surface area (Å²) in [6.45, 7) is 3.66. The Morgan fingerprint density at radius 3 is 2.13 bits per heavy atom. The van der Waals surface area contributed by atoms with Crippen LogP contribution in [-0.2, 0) is 27.0 Å². The van der Waals surface area contributed by atoms with Gasteiger partial charge in [-0.15, -0.1) is 10.2 Å². The lowest BCUT2D eigenvalue weighted by Gasteiger charge is -2.20. The van der Waals surface area contributed by atoms with E-state index in [1.54, 1.807) is 0 Å². The number of amides is 2. The highest BCUT2D eigenvalue weighted by Crippen LogP contribution is 2.34. The molecular formula is C23H27F6N5O4S. The van der Waals surface area contributed by atoms with Gasteiger partial charge in [-0.05, 0) is 24.3 Å². The van der Waals surface area contributed by atoms with E-state index < -0.39 is 41.3 Å². The van der Waals surface area contributed by atoms with Gasteiger partial charge in [-0.2, -0.15) is 26.3 Å². The summed E-state index contributed by atoms with van der Waals surface area (Å²) in [6.07, 6.45) is -5.85.